The average Bonchev–Trinajstić information content (AvgIpc) is 1.69. The van der Waals surface area contributed by atoms with E-state index in [0.717, 1.165) is 26.2 Å². The zero-order valence-electron chi connectivity index (χ0n) is 65.4. The standard InChI is InChI=1S/2C18H34N2O7.C15H15F5O7.2C9H20N2O/c1-16(2)9-13(17(3,4)20(16)24)10-19-14(22)18(5,11-21)12-27-15(23)26-8-7-25-6;1-16(2)9-13(10-17(3,4)20(16)24)19-14(22)18(5,11-21)12-27-15(23)26-8-7-25-6;1-15(5-21,6-26-14(23)25-4-3-24-2)13(22)27-12-10(19)8(17)7(16)9(18)11(12)20;1-8(2)5-7(6-10)9(3,4)11(8)12;1-8(2)5-7(10)6-9(3,4)11(8)12/h2*13,21,24H,7-12H2,1-6H3,(H,19,22);21H,3-6H2,1-2H3;2*7,12H,5-6,10H2,1-4H3. The van der Waals surface area contributed by atoms with Crippen molar-refractivity contribution in [1.82, 2.24) is 30.9 Å². The Morgan fingerprint density at radius 2 is 0.752 bits per heavy atom. The zero-order chi connectivity index (χ0) is 81.7. The van der Waals surface area contributed by atoms with Crippen LogP contribution < -0.4 is 26.8 Å². The number of halogens is 5. The maximum absolute atomic E-state index is 13.6. The molecule has 5 rings (SSSR count). The molecule has 0 radical (unpaired) electrons. The fourth-order valence-electron chi connectivity index (χ4n) is 12.8. The van der Waals surface area contributed by atoms with Crippen LogP contribution in [-0.2, 0) is 57.0 Å². The van der Waals surface area contributed by atoms with Crippen LogP contribution in [0.4, 0.5) is 36.3 Å². The largest absolute Gasteiger partial charge is 0.508 e. The Bertz CT molecular complexity index is 2910. The van der Waals surface area contributed by atoms with Gasteiger partial charge in [-0.2, -0.15) is 29.0 Å². The van der Waals surface area contributed by atoms with Crippen molar-refractivity contribution in [3.63, 3.8) is 0 Å². The molecule has 4 fully saturated rings. The first-order valence-corrected chi connectivity index (χ1v) is 34.4. The van der Waals surface area contributed by atoms with Gasteiger partial charge in [-0.25, -0.2) is 27.6 Å². The Morgan fingerprint density at radius 1 is 0.448 bits per heavy atom. The highest BCUT2D eigenvalue weighted by Crippen LogP contribution is 2.45. The molecular formula is C69H123F5N8O23. The number of piperidine rings is 2. The van der Waals surface area contributed by atoms with Crippen molar-refractivity contribution in [2.75, 3.05) is 114 Å². The summed E-state index contributed by atoms with van der Waals surface area (Å²) in [6.07, 6.45) is 1.36. The van der Waals surface area contributed by atoms with Gasteiger partial charge in [0.2, 0.25) is 46.6 Å². The van der Waals surface area contributed by atoms with Crippen molar-refractivity contribution in [3.8, 4) is 5.75 Å². The number of methoxy groups -OCH3 is 3. The maximum atomic E-state index is 13.6. The molecular weight excluding hydrogens is 1400 g/mol. The quantitative estimate of drug-likeness (QED) is 0.00835. The van der Waals surface area contributed by atoms with Crippen LogP contribution in [0.1, 0.15) is 170 Å². The van der Waals surface area contributed by atoms with Crippen LogP contribution in [0, 0.1) is 57.2 Å². The summed E-state index contributed by atoms with van der Waals surface area (Å²) in [5, 5.41) is 80.4. The number of hydrogen-bond donors (Lipinski definition) is 11. The van der Waals surface area contributed by atoms with E-state index in [1.807, 2.05) is 111 Å². The summed E-state index contributed by atoms with van der Waals surface area (Å²) in [7, 11) is 4.29. The second kappa shape index (κ2) is 40.2. The van der Waals surface area contributed by atoms with E-state index in [1.54, 1.807) is 0 Å². The fourth-order valence-corrected chi connectivity index (χ4v) is 12.8. The lowest BCUT2D eigenvalue weighted by molar-refractivity contribution is -0.246. The van der Waals surface area contributed by atoms with Crippen molar-refractivity contribution in [2.24, 2.45) is 39.5 Å². The summed E-state index contributed by atoms with van der Waals surface area (Å²) in [6, 6.07) is 0.0174. The molecule has 2 amide bonds. The first-order valence-electron chi connectivity index (χ1n) is 34.4. The number of aliphatic hydroxyl groups excluding tert-OH is 3. The van der Waals surface area contributed by atoms with Gasteiger partial charge in [0.25, 0.3) is 0 Å². The normalized spacial score (nSPS) is 22.4. The third-order valence-corrected chi connectivity index (χ3v) is 19.2. The Kier molecular flexibility index (Phi) is 37.3. The summed E-state index contributed by atoms with van der Waals surface area (Å²) >= 11 is 0. The van der Waals surface area contributed by atoms with Gasteiger partial charge in [-0.3, -0.25) is 14.4 Å². The monoisotopic (exact) mass is 1530 g/mol. The van der Waals surface area contributed by atoms with Gasteiger partial charge >= 0.3 is 24.4 Å². The number of benzene rings is 1. The van der Waals surface area contributed by atoms with E-state index in [9.17, 15) is 86.9 Å². The van der Waals surface area contributed by atoms with E-state index < -0.39 is 136 Å². The van der Waals surface area contributed by atoms with Crippen molar-refractivity contribution in [2.45, 2.75) is 226 Å². The molecule has 0 spiro atoms. The summed E-state index contributed by atoms with van der Waals surface area (Å²) in [5.74, 6) is -15.7. The number of nitrogens with zero attached hydrogens (tertiary/aromatic N) is 4. The first-order chi connectivity index (χ1) is 47.9. The summed E-state index contributed by atoms with van der Waals surface area (Å²) in [5.41, 5.74) is 4.25. The second-order valence-electron chi connectivity index (χ2n) is 32.5. The molecule has 105 heavy (non-hydrogen) atoms. The van der Waals surface area contributed by atoms with Gasteiger partial charge in [0.15, 0.2) is 0 Å². The summed E-state index contributed by atoms with van der Waals surface area (Å²) in [6.45, 7) is 33.5. The number of esters is 1. The minimum Gasteiger partial charge on any atom is -0.433 e. The van der Waals surface area contributed by atoms with Gasteiger partial charge < -0.3 is 106 Å². The fraction of sp³-hybridized carbons (Fsp3) is 0.826. The lowest BCUT2D eigenvalue weighted by Crippen LogP contribution is -2.64. The Balaban J connectivity index is 0.000000681. The van der Waals surface area contributed by atoms with E-state index in [1.165, 1.54) is 55.4 Å². The average molecular weight is 1530 g/mol. The Labute approximate surface area is 614 Å². The number of rotatable bonds is 26. The Morgan fingerprint density at radius 3 is 1.06 bits per heavy atom. The number of ether oxygens (including phenoxy) is 10. The minimum absolute atomic E-state index is 0.0179. The number of carbonyl (C=O) groups excluding carboxylic acids is 6. The van der Waals surface area contributed by atoms with Crippen LogP contribution >= 0.6 is 0 Å². The predicted octanol–water partition coefficient (Wildman–Crippen LogP) is 7.14. The molecule has 0 bridgehead atoms. The molecule has 5 atom stereocenters. The summed E-state index contributed by atoms with van der Waals surface area (Å²) in [4.78, 5) is 71.7. The topological polar surface area (TPSA) is 425 Å². The van der Waals surface area contributed by atoms with Gasteiger partial charge in [-0.15, -0.1) is 0 Å². The van der Waals surface area contributed by atoms with Crippen molar-refractivity contribution in [3.05, 3.63) is 29.1 Å². The summed E-state index contributed by atoms with van der Waals surface area (Å²) < 4.78 is 113. The van der Waals surface area contributed by atoms with Crippen LogP contribution in [0.5, 0.6) is 5.75 Å². The minimum atomic E-state index is -2.43. The molecule has 0 aromatic heterocycles. The third-order valence-electron chi connectivity index (χ3n) is 19.2. The molecule has 5 unspecified atom stereocenters. The van der Waals surface area contributed by atoms with E-state index in [2.05, 4.69) is 29.6 Å². The third kappa shape index (κ3) is 27.2. The number of hydroxylamine groups is 8. The van der Waals surface area contributed by atoms with Gasteiger partial charge in [0.1, 0.15) is 55.9 Å². The van der Waals surface area contributed by atoms with Crippen LogP contribution in [0.25, 0.3) is 0 Å². The molecule has 612 valence electrons. The highest BCUT2D eigenvalue weighted by molar-refractivity contribution is 5.83. The molecule has 36 heteroatoms. The second-order valence-corrected chi connectivity index (χ2v) is 32.5. The predicted molar refractivity (Wildman–Crippen MR) is 369 cm³/mol. The zero-order valence-corrected chi connectivity index (χ0v) is 65.4. The first kappa shape index (κ1) is 97.5. The van der Waals surface area contributed by atoms with Gasteiger partial charge in [0, 0.05) is 84.3 Å². The lowest BCUT2D eigenvalue weighted by Gasteiger charge is -2.51. The molecule has 0 aliphatic carbocycles. The number of nitrogens with two attached hydrogens (primary N) is 2. The molecule has 0 saturated carbocycles. The van der Waals surface area contributed by atoms with E-state index >= 15 is 0 Å². The highest BCUT2D eigenvalue weighted by Gasteiger charge is 2.53. The molecule has 1 aromatic rings. The number of carbonyl (C=O) groups is 6. The van der Waals surface area contributed by atoms with Crippen LogP contribution in [0.2, 0.25) is 0 Å². The number of aliphatic hydroxyl groups is 3. The number of nitrogens with one attached hydrogen (secondary N) is 2. The van der Waals surface area contributed by atoms with Crippen molar-refractivity contribution in [1.29, 1.82) is 0 Å². The maximum Gasteiger partial charge on any atom is 0.508 e. The highest BCUT2D eigenvalue weighted by atomic mass is 19.2. The van der Waals surface area contributed by atoms with Crippen LogP contribution in [0.3, 0.4) is 0 Å². The van der Waals surface area contributed by atoms with E-state index in [0.29, 0.717) is 38.3 Å². The molecule has 1 aromatic carbocycles. The molecule has 4 heterocycles. The molecule has 4 aliphatic rings. The van der Waals surface area contributed by atoms with E-state index in [-0.39, 0.29) is 93.0 Å². The Hall–Kier alpha value is -5.55. The molecule has 4 saturated heterocycles. The molecule has 13 N–H and O–H groups in total. The molecule has 31 nitrogen and oxygen atoms in total. The number of hydrogen-bond acceptors (Lipinski definition) is 29. The SMILES string of the molecule is CC1(C)CC(CN)C(C)(C)N1O.CC1(C)CC(N)CC(C)(C)N1O.COCCOC(=O)OCC(C)(CO)C(=O)NC1CC(C)(C)N(O)C(C)(C)C1.COCCOC(=O)OCC(C)(CO)C(=O)NCC1CC(C)(C)N(O)C1(C)C.COCCOC(=O)OCC(C)(CO)C(=O)Oc1c(F)c(F)c(F)c(F)c1F. The lowest BCUT2D eigenvalue weighted by atomic mass is 9.78. The van der Waals surface area contributed by atoms with Crippen molar-refractivity contribution >= 4 is 36.2 Å². The molecule has 4 aliphatic heterocycles. The van der Waals surface area contributed by atoms with Crippen LogP contribution in [-0.4, -0.2) is 263 Å². The van der Waals surface area contributed by atoms with Crippen LogP contribution in [0.15, 0.2) is 0 Å². The van der Waals surface area contributed by atoms with Gasteiger partial charge in [-0.05, 0) is 188 Å². The van der Waals surface area contributed by atoms with Crippen molar-refractivity contribution < 1.29 is 134 Å². The van der Waals surface area contributed by atoms with Gasteiger partial charge in [-0.1, -0.05) is 0 Å². The smallest absolute Gasteiger partial charge is 0.433 e. The van der Waals surface area contributed by atoms with E-state index in [4.69, 9.17) is 39.9 Å². The number of amides is 2. The van der Waals surface area contributed by atoms with Gasteiger partial charge in [0.05, 0.1) is 39.6 Å².